The van der Waals surface area contributed by atoms with E-state index < -0.39 is 35.9 Å². The second-order valence-electron chi connectivity index (χ2n) is 8.97. The summed E-state index contributed by atoms with van der Waals surface area (Å²) in [7, 11) is 0. The molecule has 0 saturated carbocycles. The number of benzene rings is 1. The number of phenolic OH excluding ortho intramolecular Hbond substituents is 1. The number of carbonyl (C=O) groups excluding carboxylic acids is 3. The fourth-order valence-electron chi connectivity index (χ4n) is 3.55. The van der Waals surface area contributed by atoms with Crippen molar-refractivity contribution in [2.75, 3.05) is 6.54 Å². The highest BCUT2D eigenvalue weighted by atomic mass is 16.4. The third kappa shape index (κ3) is 7.45. The average Bonchev–Trinajstić information content (AvgIpc) is 2.75. The van der Waals surface area contributed by atoms with E-state index in [2.05, 4.69) is 16.1 Å². The molecule has 3 atom stereocenters. The molecule has 2 rings (SSSR count). The maximum absolute atomic E-state index is 13.3. The van der Waals surface area contributed by atoms with Gasteiger partial charge in [0.1, 0.15) is 23.9 Å². The third-order valence-corrected chi connectivity index (χ3v) is 5.49. The number of phenols is 1. The van der Waals surface area contributed by atoms with Gasteiger partial charge in [-0.1, -0.05) is 39.8 Å². The van der Waals surface area contributed by atoms with Crippen LogP contribution in [0.5, 0.6) is 5.75 Å². The summed E-state index contributed by atoms with van der Waals surface area (Å²) in [5, 5.41) is 25.8. The number of nitrogens with zero attached hydrogens (tertiary/aromatic N) is 1. The van der Waals surface area contributed by atoms with Gasteiger partial charge in [-0.25, -0.2) is 5.43 Å². The highest BCUT2D eigenvalue weighted by Gasteiger charge is 2.34. The molecule has 0 bridgehead atoms. The van der Waals surface area contributed by atoms with Crippen molar-refractivity contribution in [2.45, 2.75) is 65.1 Å². The molecule has 10 heteroatoms. The van der Waals surface area contributed by atoms with Gasteiger partial charge in [-0.15, -0.1) is 0 Å². The number of carboxylic acids is 1. The predicted molar refractivity (Wildman–Crippen MR) is 121 cm³/mol. The van der Waals surface area contributed by atoms with E-state index in [1.54, 1.807) is 39.8 Å². The molecule has 1 aliphatic rings. The summed E-state index contributed by atoms with van der Waals surface area (Å²) in [6, 6.07) is 3.57. The predicted octanol–water partition coefficient (Wildman–Crippen LogP) is 0.797. The van der Waals surface area contributed by atoms with Crippen molar-refractivity contribution < 1.29 is 29.4 Å². The number of hydrogen-bond acceptors (Lipinski definition) is 6. The SMILES string of the molecule is CC(C)C(=O)N[C@H](C(=O)N[C@@H](Cc1cccc(O)c1)C(=O)N1CCCC(C(=O)O)N1)C(C)C. The fraction of sp³-hybridized carbons (Fsp3) is 0.565. The van der Waals surface area contributed by atoms with Gasteiger partial charge in [-0.2, -0.15) is 0 Å². The van der Waals surface area contributed by atoms with E-state index in [0.29, 0.717) is 24.9 Å². The molecule has 3 amide bonds. The monoisotopic (exact) mass is 462 g/mol. The van der Waals surface area contributed by atoms with Gasteiger partial charge >= 0.3 is 5.97 Å². The first-order valence-electron chi connectivity index (χ1n) is 11.2. The minimum atomic E-state index is -1.06. The van der Waals surface area contributed by atoms with Crippen LogP contribution in [0.2, 0.25) is 0 Å². The lowest BCUT2D eigenvalue weighted by Crippen LogP contribution is -2.62. The maximum atomic E-state index is 13.3. The van der Waals surface area contributed by atoms with E-state index in [1.807, 2.05) is 0 Å². The van der Waals surface area contributed by atoms with Crippen molar-refractivity contribution in [1.82, 2.24) is 21.1 Å². The first-order chi connectivity index (χ1) is 15.5. The molecule has 182 valence electrons. The normalized spacial score (nSPS) is 18.0. The molecular weight excluding hydrogens is 428 g/mol. The van der Waals surface area contributed by atoms with Crippen molar-refractivity contribution in [3.8, 4) is 5.75 Å². The minimum absolute atomic E-state index is 0.0244. The Morgan fingerprint density at radius 3 is 2.39 bits per heavy atom. The van der Waals surface area contributed by atoms with E-state index in [0.717, 1.165) is 0 Å². The van der Waals surface area contributed by atoms with Gasteiger partial charge in [0.15, 0.2) is 0 Å². The molecule has 1 fully saturated rings. The smallest absolute Gasteiger partial charge is 0.322 e. The lowest BCUT2D eigenvalue weighted by Gasteiger charge is -2.35. The first-order valence-corrected chi connectivity index (χ1v) is 11.2. The number of rotatable bonds is 9. The molecule has 0 aromatic heterocycles. The second-order valence-corrected chi connectivity index (χ2v) is 8.97. The quantitative estimate of drug-likeness (QED) is 0.364. The highest BCUT2D eigenvalue weighted by molar-refractivity contribution is 5.92. The van der Waals surface area contributed by atoms with Crippen LogP contribution in [0.1, 0.15) is 46.1 Å². The number of hydrogen-bond donors (Lipinski definition) is 5. The number of aliphatic carboxylic acids is 1. The summed E-state index contributed by atoms with van der Waals surface area (Å²) in [5.41, 5.74) is 3.33. The second kappa shape index (κ2) is 11.6. The van der Waals surface area contributed by atoms with Gasteiger partial charge < -0.3 is 20.8 Å². The van der Waals surface area contributed by atoms with Crippen molar-refractivity contribution in [3.05, 3.63) is 29.8 Å². The number of carboxylic acid groups (broad SMARTS) is 1. The summed E-state index contributed by atoms with van der Waals surface area (Å²) >= 11 is 0. The Hall–Kier alpha value is -3.14. The summed E-state index contributed by atoms with van der Waals surface area (Å²) in [6.45, 7) is 7.33. The molecule has 0 spiro atoms. The summed E-state index contributed by atoms with van der Waals surface area (Å²) in [6.07, 6.45) is 0.971. The Balaban J connectivity index is 2.25. The van der Waals surface area contributed by atoms with Crippen LogP contribution in [0.15, 0.2) is 24.3 Å². The largest absolute Gasteiger partial charge is 0.508 e. The zero-order valence-corrected chi connectivity index (χ0v) is 19.5. The van der Waals surface area contributed by atoms with E-state index in [9.17, 15) is 29.4 Å². The Morgan fingerprint density at radius 1 is 1.12 bits per heavy atom. The van der Waals surface area contributed by atoms with Crippen LogP contribution in [0.4, 0.5) is 0 Å². The van der Waals surface area contributed by atoms with Crippen LogP contribution in [0, 0.1) is 11.8 Å². The lowest BCUT2D eigenvalue weighted by molar-refractivity contribution is -0.148. The van der Waals surface area contributed by atoms with Crippen LogP contribution in [0.3, 0.4) is 0 Å². The van der Waals surface area contributed by atoms with Gasteiger partial charge in [-0.3, -0.25) is 24.2 Å². The van der Waals surface area contributed by atoms with E-state index in [4.69, 9.17) is 0 Å². The Morgan fingerprint density at radius 2 is 1.82 bits per heavy atom. The summed E-state index contributed by atoms with van der Waals surface area (Å²) < 4.78 is 0. The van der Waals surface area contributed by atoms with Crippen LogP contribution >= 0.6 is 0 Å². The molecule has 1 aliphatic heterocycles. The van der Waals surface area contributed by atoms with E-state index in [1.165, 1.54) is 17.1 Å². The summed E-state index contributed by atoms with van der Waals surface area (Å²) in [4.78, 5) is 50.0. The van der Waals surface area contributed by atoms with E-state index >= 15 is 0 Å². The number of nitrogens with one attached hydrogen (secondary N) is 3. The van der Waals surface area contributed by atoms with Crippen LogP contribution < -0.4 is 16.1 Å². The van der Waals surface area contributed by atoms with Gasteiger partial charge in [-0.05, 0) is 36.5 Å². The molecule has 33 heavy (non-hydrogen) atoms. The van der Waals surface area contributed by atoms with Gasteiger partial charge in [0.25, 0.3) is 5.91 Å². The van der Waals surface area contributed by atoms with Crippen LogP contribution in [-0.2, 0) is 25.6 Å². The number of aromatic hydroxyl groups is 1. The summed E-state index contributed by atoms with van der Waals surface area (Å²) in [5.74, 6) is -2.85. The molecule has 1 heterocycles. The number of carbonyl (C=O) groups is 4. The molecule has 0 aliphatic carbocycles. The maximum Gasteiger partial charge on any atom is 0.322 e. The molecule has 10 nitrogen and oxygen atoms in total. The standard InChI is InChI=1S/C23H34N4O6/c1-13(2)19(25-20(29)14(3)4)21(30)24-18(12-15-7-5-8-16(28)11-15)22(31)27-10-6-9-17(26-27)23(32)33/h5,7-8,11,13-14,17-19,26,28H,6,9-10,12H2,1-4H3,(H,24,30)(H,25,29)(H,32,33)/t17?,18-,19-/m0/s1. The van der Waals surface area contributed by atoms with Crippen molar-refractivity contribution in [3.63, 3.8) is 0 Å². The molecule has 0 radical (unpaired) electrons. The number of amides is 3. The van der Waals surface area contributed by atoms with E-state index in [-0.39, 0.29) is 29.9 Å². The average molecular weight is 463 g/mol. The molecule has 1 aromatic rings. The zero-order valence-electron chi connectivity index (χ0n) is 19.5. The van der Waals surface area contributed by atoms with Crippen molar-refractivity contribution >= 4 is 23.7 Å². The Labute approximate surface area is 193 Å². The van der Waals surface area contributed by atoms with Gasteiger partial charge in [0.2, 0.25) is 11.8 Å². The lowest BCUT2D eigenvalue weighted by atomic mass is 9.99. The molecule has 1 unspecified atom stereocenters. The third-order valence-electron chi connectivity index (χ3n) is 5.49. The zero-order chi connectivity index (χ0) is 24.7. The first kappa shape index (κ1) is 26.1. The van der Waals surface area contributed by atoms with Gasteiger partial charge in [0, 0.05) is 18.9 Å². The highest BCUT2D eigenvalue weighted by Crippen LogP contribution is 2.16. The Kier molecular flexibility index (Phi) is 9.22. The van der Waals surface area contributed by atoms with Gasteiger partial charge in [0.05, 0.1) is 0 Å². The molecule has 1 saturated heterocycles. The van der Waals surface area contributed by atoms with Crippen molar-refractivity contribution in [2.24, 2.45) is 11.8 Å². The molecular formula is C23H34N4O6. The fourth-order valence-corrected chi connectivity index (χ4v) is 3.55. The number of hydrazine groups is 1. The molecule has 1 aromatic carbocycles. The van der Waals surface area contributed by atoms with Crippen LogP contribution in [0.25, 0.3) is 0 Å². The molecule has 5 N–H and O–H groups in total. The van der Waals surface area contributed by atoms with Crippen molar-refractivity contribution in [1.29, 1.82) is 0 Å². The van der Waals surface area contributed by atoms with Crippen LogP contribution in [-0.4, -0.2) is 63.6 Å². The Bertz CT molecular complexity index is 872. The minimum Gasteiger partial charge on any atom is -0.508 e. The topological polar surface area (TPSA) is 148 Å².